The molecule has 30 unspecified atom stereocenters. The Kier molecular flexibility index (Phi) is 21.7. The third-order valence-corrected chi connectivity index (χ3v) is 43.5. The Balaban J connectivity index is 0.0000000987. The molecule has 0 amide bonds. The van der Waals surface area contributed by atoms with E-state index >= 15 is 0 Å². The van der Waals surface area contributed by atoms with Crippen molar-refractivity contribution in [1.82, 2.24) is 29.4 Å². The second-order valence-corrected chi connectivity index (χ2v) is 61.1. The lowest BCUT2D eigenvalue weighted by Crippen LogP contribution is -2.58. The van der Waals surface area contributed by atoms with Crippen LogP contribution in [0.5, 0.6) is 0 Å². The Morgan fingerprint density at radius 2 is 0.595 bits per heavy atom. The molecule has 10 heterocycles. The molecule has 21 aliphatic rings. The molecule has 0 bridgehead atoms. The normalized spacial score (nSPS) is 43.9. The largest absolute Gasteiger partial charge is 0.349 e. The smallest absolute Gasteiger partial charge is 0.154 e. The topological polar surface area (TPSA) is 44.5 Å². The van der Waals surface area contributed by atoms with Gasteiger partial charge in [0, 0.05) is 126 Å². The van der Waals surface area contributed by atoms with Crippen molar-refractivity contribution in [3.63, 3.8) is 0 Å². The minimum Gasteiger partial charge on any atom is -0.349 e. The first-order valence-corrected chi connectivity index (χ1v) is 54.5. The van der Waals surface area contributed by atoms with Gasteiger partial charge in [-0.05, 0) is 309 Å². The second-order valence-electron chi connectivity index (χ2n) is 58.4. The quantitative estimate of drug-likeness (QED) is 0.203. The number of epoxide rings is 2. The van der Waals surface area contributed by atoms with Crippen LogP contribution in [0.4, 0.5) is 0 Å². The number of hydrogen-bond donors (Lipinski definition) is 0. The lowest BCUT2D eigenvalue weighted by Gasteiger charge is -2.49. The first kappa shape index (κ1) is 93.1. The van der Waals surface area contributed by atoms with Crippen LogP contribution >= 0.6 is 23.5 Å². The van der Waals surface area contributed by atoms with E-state index in [4.69, 9.17) is 9.47 Å². The van der Waals surface area contributed by atoms with E-state index in [1.165, 1.54) is 133 Å². The SMILES string of the molecule is CC(C)(C)N1C2CC3CCCCC3C2C2CC21C(C)(C)C.CC(C)(C)N1C2CC3CCCCC3C2C2OC21C(C)(C)C.CC(C)(C)N1C2CC3CCCCC3C2C2SC21C(C)(C)C.CC(C)(C)N1C2Cc3ccccc3C2C2CC21C(C)(C)C.CC(C)(C)N1C2Cc3ccccc3C2C2OC21C(C)(C)C.CC(C)(C)N1C2Cc3ccccc3C2C2SC21C(C)(C)C. The fourth-order valence-corrected chi connectivity index (χ4v) is 40.8. The van der Waals surface area contributed by atoms with Gasteiger partial charge in [0.05, 0.1) is 9.74 Å². The van der Waals surface area contributed by atoms with Crippen molar-refractivity contribution in [2.75, 3.05) is 0 Å². The molecule has 8 nitrogen and oxygen atoms in total. The van der Waals surface area contributed by atoms with Gasteiger partial charge < -0.3 is 9.47 Å². The van der Waals surface area contributed by atoms with Crippen LogP contribution in [0.25, 0.3) is 0 Å². The summed E-state index contributed by atoms with van der Waals surface area (Å²) in [5.41, 5.74) is 13.8. The third-order valence-electron chi connectivity index (χ3n) is 39.4. The van der Waals surface area contributed by atoms with Gasteiger partial charge in [0.1, 0.15) is 12.2 Å². The van der Waals surface area contributed by atoms with Gasteiger partial charge in [-0.3, -0.25) is 29.4 Å². The van der Waals surface area contributed by atoms with Crippen LogP contribution in [-0.4, -0.2) is 154 Å². The van der Waals surface area contributed by atoms with E-state index in [9.17, 15) is 0 Å². The highest BCUT2D eigenvalue weighted by Gasteiger charge is 2.85. The van der Waals surface area contributed by atoms with Crippen LogP contribution in [0, 0.1) is 97.6 Å². The summed E-state index contributed by atoms with van der Waals surface area (Å²) in [5.74, 6) is 13.0. The average Bonchev–Trinajstić information content (AvgIpc) is 1.51. The first-order valence-electron chi connectivity index (χ1n) is 52.8. The number of ether oxygens (including phenoxy) is 2. The maximum atomic E-state index is 6.53. The highest BCUT2D eigenvalue weighted by Crippen LogP contribution is 2.82. The Hall–Kier alpha value is -1.96. The summed E-state index contributed by atoms with van der Waals surface area (Å²) in [6.07, 6.45) is 29.9. The van der Waals surface area contributed by atoms with Gasteiger partial charge in [0.2, 0.25) is 0 Å². The maximum Gasteiger partial charge on any atom is 0.154 e. The van der Waals surface area contributed by atoms with Crippen LogP contribution in [0.2, 0.25) is 0 Å². The van der Waals surface area contributed by atoms with Crippen molar-refractivity contribution in [1.29, 1.82) is 0 Å². The number of hydrogen-bond acceptors (Lipinski definition) is 10. The summed E-state index contributed by atoms with van der Waals surface area (Å²) in [7, 11) is 0. The van der Waals surface area contributed by atoms with Crippen molar-refractivity contribution in [2.24, 2.45) is 97.6 Å². The monoisotopic (exact) mass is 1760 g/mol. The number of likely N-dealkylation sites (tertiary alicyclic amines) is 6. The molecule has 10 aliphatic heterocycles. The summed E-state index contributed by atoms with van der Waals surface area (Å²) < 4.78 is 13.0. The summed E-state index contributed by atoms with van der Waals surface area (Å²) in [6, 6.07) is 31.9. The van der Waals surface area contributed by atoms with Crippen LogP contribution in [0.1, 0.15) is 410 Å². The van der Waals surface area contributed by atoms with Crippen LogP contribution in [0.15, 0.2) is 72.8 Å². The van der Waals surface area contributed by atoms with E-state index < -0.39 is 0 Å². The number of piperidine rings is 2. The van der Waals surface area contributed by atoms with E-state index in [2.05, 4.69) is 375 Å². The van der Waals surface area contributed by atoms with Crippen molar-refractivity contribution < 1.29 is 9.47 Å². The number of thioether (sulfide) groups is 2. The van der Waals surface area contributed by atoms with Crippen molar-refractivity contribution in [3.05, 3.63) is 106 Å². The van der Waals surface area contributed by atoms with Gasteiger partial charge in [-0.2, -0.15) is 0 Å². The van der Waals surface area contributed by atoms with Crippen LogP contribution < -0.4 is 0 Å². The van der Waals surface area contributed by atoms with Gasteiger partial charge in [0.25, 0.3) is 0 Å². The molecular formula is C116H184N6O2S2. The molecule has 18 fully saturated rings. The van der Waals surface area contributed by atoms with Gasteiger partial charge in [-0.1, -0.05) is 255 Å². The summed E-state index contributed by atoms with van der Waals surface area (Å²) in [6.45, 7) is 87.2. The molecule has 24 rings (SSSR count). The number of nitrogens with zero attached hydrogens (tertiary/aromatic N) is 6. The minimum atomic E-state index is -0.0753. The van der Waals surface area contributed by atoms with E-state index in [-0.39, 0.29) is 44.4 Å². The van der Waals surface area contributed by atoms with Crippen molar-refractivity contribution >= 4 is 23.5 Å². The van der Waals surface area contributed by atoms with E-state index in [0.29, 0.717) is 83.8 Å². The number of benzene rings is 3. The molecule has 0 radical (unpaired) electrons. The Morgan fingerprint density at radius 3 is 1.02 bits per heavy atom. The average molecular weight is 1760 g/mol. The summed E-state index contributed by atoms with van der Waals surface area (Å²) >= 11 is 4.56. The Labute approximate surface area is 780 Å². The van der Waals surface area contributed by atoms with Gasteiger partial charge in [0.15, 0.2) is 11.4 Å². The summed E-state index contributed by atoms with van der Waals surface area (Å²) in [5, 5.41) is 1.71. The second kappa shape index (κ2) is 29.3. The molecule has 10 saturated heterocycles. The van der Waals surface area contributed by atoms with Gasteiger partial charge in [-0.25, -0.2) is 0 Å². The third kappa shape index (κ3) is 13.5. The van der Waals surface area contributed by atoms with Gasteiger partial charge >= 0.3 is 0 Å². The predicted octanol–water partition coefficient (Wildman–Crippen LogP) is 27.9. The molecule has 0 aromatic heterocycles. The summed E-state index contributed by atoms with van der Waals surface area (Å²) in [4.78, 5) is 18.1. The first-order chi connectivity index (χ1) is 58.1. The Bertz CT molecular complexity index is 4140. The number of fused-ring (bicyclic) bond motifs is 30. The molecule has 10 heteroatoms. The van der Waals surface area contributed by atoms with E-state index in [1.54, 1.807) is 28.7 Å². The highest BCUT2D eigenvalue weighted by molar-refractivity contribution is 8.09. The molecule has 702 valence electrons. The fraction of sp³-hybridized carbons (Fsp3) is 0.845. The van der Waals surface area contributed by atoms with Crippen molar-refractivity contribution in [2.45, 2.75) is 520 Å². The predicted molar refractivity (Wildman–Crippen MR) is 533 cm³/mol. The zero-order valence-electron chi connectivity index (χ0n) is 87.2. The molecule has 30 atom stereocenters. The molecule has 11 aliphatic carbocycles. The molecule has 0 N–H and O–H groups in total. The fourth-order valence-electron chi connectivity index (χ4n) is 36.2. The lowest BCUT2D eigenvalue weighted by atomic mass is 9.74. The van der Waals surface area contributed by atoms with Gasteiger partial charge in [-0.15, -0.1) is 23.5 Å². The molecule has 0 spiro atoms. The van der Waals surface area contributed by atoms with Crippen molar-refractivity contribution in [3.8, 4) is 0 Å². The minimum absolute atomic E-state index is 0.0169. The highest BCUT2D eigenvalue weighted by atomic mass is 32.2. The Morgan fingerprint density at radius 1 is 0.286 bits per heavy atom. The number of rotatable bonds is 0. The molecular weight excluding hydrogens is 1570 g/mol. The zero-order valence-corrected chi connectivity index (χ0v) is 88.9. The van der Waals surface area contributed by atoms with E-state index in [0.717, 1.165) is 112 Å². The lowest BCUT2D eigenvalue weighted by molar-refractivity contribution is -0.0913. The zero-order chi connectivity index (χ0) is 91.2. The molecule has 8 saturated carbocycles. The molecule has 126 heavy (non-hydrogen) atoms. The van der Waals surface area contributed by atoms with Crippen LogP contribution in [0.3, 0.4) is 0 Å². The maximum absolute atomic E-state index is 6.53. The molecule has 3 aromatic rings. The van der Waals surface area contributed by atoms with Crippen LogP contribution in [-0.2, 0) is 28.7 Å². The van der Waals surface area contributed by atoms with E-state index in [1.807, 2.05) is 0 Å². The molecule has 3 aromatic carbocycles. The standard InChI is InChI=1S/C20H35N.C20H29N.C19H33NO.C19H27NO.C19H33NS.C19H27NS/c2*1-18(2,3)20-12-15(20)17-14-10-8-7-9-13(14)11-16(17)21(20)19(4,5)6;4*1-17(2,3)19-16(21-19)15-13-10-8-7-9-12(13)11-14(15)20(19)18(4,5)6/h13-17H,7-12H2,1-6H3;7-10,15-17H,11-12H2,1-6H3;12-16H,7-11H2,1-6H3;7-10,14-16H,11H2,1-6H3;12-16H,7-11H2,1-6H3;7-10,14-16H,11H2,1-6H3.